The molecule has 1 aromatic heterocycles. The van der Waals surface area contributed by atoms with Gasteiger partial charge in [-0.2, -0.15) is 0 Å². The maximum atomic E-state index is 13.7. The highest BCUT2D eigenvalue weighted by Gasteiger charge is 2.14. The van der Waals surface area contributed by atoms with E-state index in [9.17, 15) is 23.9 Å². The first kappa shape index (κ1) is 18.9. The average molecular weight is 357 g/mol. The van der Waals surface area contributed by atoms with Gasteiger partial charge in [0.15, 0.2) is 11.6 Å². The molecule has 0 saturated carbocycles. The van der Waals surface area contributed by atoms with Crippen LogP contribution in [0, 0.1) is 5.82 Å². The maximum absolute atomic E-state index is 13.7. The van der Waals surface area contributed by atoms with E-state index >= 15 is 0 Å². The summed E-state index contributed by atoms with van der Waals surface area (Å²) in [4.78, 5) is 37.9. The third-order valence-electron chi connectivity index (χ3n) is 3.28. The summed E-state index contributed by atoms with van der Waals surface area (Å²) >= 11 is 0. The molecular formula is C19H16FNO5. The van der Waals surface area contributed by atoms with Crippen molar-refractivity contribution in [1.29, 1.82) is 0 Å². The second-order valence-corrected chi connectivity index (χ2v) is 5.14. The molecule has 0 spiro atoms. The minimum absolute atomic E-state index is 0.0552. The first-order chi connectivity index (χ1) is 12.4. The van der Waals surface area contributed by atoms with E-state index in [0.29, 0.717) is 5.69 Å². The van der Waals surface area contributed by atoms with E-state index in [1.54, 1.807) is 13.0 Å². The largest absolute Gasteiger partial charge is 0.502 e. The number of carbonyl (C=O) groups excluding carboxylic acids is 3. The van der Waals surface area contributed by atoms with Crippen LogP contribution in [0.5, 0.6) is 0 Å². The molecule has 0 unspecified atom stereocenters. The van der Waals surface area contributed by atoms with E-state index in [-0.39, 0.29) is 17.7 Å². The number of esters is 1. The molecule has 2 rings (SSSR count). The fourth-order valence-corrected chi connectivity index (χ4v) is 2.06. The number of nitrogens with one attached hydrogen (secondary N) is 1. The molecule has 6 nitrogen and oxygen atoms in total. The summed E-state index contributed by atoms with van der Waals surface area (Å²) in [6.07, 6.45) is 4.57. The molecule has 2 aromatic rings. The van der Waals surface area contributed by atoms with Crippen LogP contribution in [-0.4, -0.2) is 34.2 Å². The van der Waals surface area contributed by atoms with Gasteiger partial charge in [-0.3, -0.25) is 9.59 Å². The van der Waals surface area contributed by atoms with Gasteiger partial charge >= 0.3 is 5.97 Å². The van der Waals surface area contributed by atoms with E-state index in [0.717, 1.165) is 12.2 Å². The molecular weight excluding hydrogens is 341 g/mol. The molecule has 0 aliphatic carbocycles. The summed E-state index contributed by atoms with van der Waals surface area (Å²) in [7, 11) is 0. The molecule has 134 valence electrons. The normalized spacial score (nSPS) is 11.5. The summed E-state index contributed by atoms with van der Waals surface area (Å²) in [5, 5.41) is 9.39. The van der Waals surface area contributed by atoms with Gasteiger partial charge in [-0.15, -0.1) is 0 Å². The van der Waals surface area contributed by atoms with Gasteiger partial charge in [-0.1, -0.05) is 12.1 Å². The van der Waals surface area contributed by atoms with Gasteiger partial charge < -0.3 is 14.8 Å². The van der Waals surface area contributed by atoms with E-state index in [2.05, 4.69) is 9.72 Å². The van der Waals surface area contributed by atoms with Crippen LogP contribution in [0.2, 0.25) is 0 Å². The minimum atomic E-state index is -0.994. The third-order valence-corrected chi connectivity index (χ3v) is 3.28. The summed E-state index contributed by atoms with van der Waals surface area (Å²) in [5.74, 6) is -3.56. The number of aromatic amines is 1. The van der Waals surface area contributed by atoms with Crippen LogP contribution >= 0.6 is 0 Å². The molecule has 0 aliphatic rings. The van der Waals surface area contributed by atoms with E-state index < -0.39 is 29.1 Å². The van der Waals surface area contributed by atoms with Crippen LogP contribution < -0.4 is 0 Å². The monoisotopic (exact) mass is 357 g/mol. The molecule has 2 N–H and O–H groups in total. The number of ether oxygens (including phenoxy) is 1. The van der Waals surface area contributed by atoms with Crippen LogP contribution in [0.15, 0.2) is 54.4 Å². The number of allylic oxidation sites excluding steroid dienone is 2. The Hall–Kier alpha value is -3.48. The van der Waals surface area contributed by atoms with Crippen LogP contribution in [0.4, 0.5) is 4.39 Å². The lowest BCUT2D eigenvalue weighted by molar-refractivity contribution is -0.141. The Kier molecular flexibility index (Phi) is 6.21. The number of hydrogen-bond donors (Lipinski definition) is 2. The standard InChI is InChI=1S/C19H16FNO5/c1-2-26-19(25)17(23)10-14(22)8-7-13-9-12(11-21-13)18(24)15-5-3-4-6-16(15)20/h3-11,21,23H,2H2,1H3/b8-7+,17-10-. The van der Waals surface area contributed by atoms with Crippen molar-refractivity contribution >= 4 is 23.6 Å². The van der Waals surface area contributed by atoms with Gasteiger partial charge in [0.05, 0.1) is 12.2 Å². The maximum Gasteiger partial charge on any atom is 0.373 e. The van der Waals surface area contributed by atoms with E-state index in [1.165, 1.54) is 36.5 Å². The molecule has 0 radical (unpaired) electrons. The van der Waals surface area contributed by atoms with Crippen molar-refractivity contribution in [3.05, 3.63) is 77.1 Å². The molecule has 0 saturated heterocycles. The van der Waals surface area contributed by atoms with Crippen molar-refractivity contribution in [2.45, 2.75) is 6.92 Å². The van der Waals surface area contributed by atoms with Crippen LogP contribution in [0.3, 0.4) is 0 Å². The quantitative estimate of drug-likeness (QED) is 0.344. The zero-order valence-corrected chi connectivity index (χ0v) is 13.9. The van der Waals surface area contributed by atoms with Crippen LogP contribution in [0.25, 0.3) is 6.08 Å². The third kappa shape index (κ3) is 4.76. The second-order valence-electron chi connectivity index (χ2n) is 5.14. The minimum Gasteiger partial charge on any atom is -0.502 e. The molecule has 1 aromatic carbocycles. The highest BCUT2D eigenvalue weighted by Crippen LogP contribution is 2.15. The van der Waals surface area contributed by atoms with Gasteiger partial charge in [0.25, 0.3) is 0 Å². The zero-order chi connectivity index (χ0) is 19.1. The lowest BCUT2D eigenvalue weighted by Gasteiger charge is -1.99. The number of ketones is 2. The molecule has 0 aliphatic heterocycles. The summed E-state index contributed by atoms with van der Waals surface area (Å²) in [6.45, 7) is 1.64. The zero-order valence-electron chi connectivity index (χ0n) is 13.9. The number of aromatic nitrogens is 1. The molecule has 7 heteroatoms. The van der Waals surface area contributed by atoms with Crippen molar-refractivity contribution in [2.24, 2.45) is 0 Å². The lowest BCUT2D eigenvalue weighted by atomic mass is 10.1. The van der Waals surface area contributed by atoms with Gasteiger partial charge in [0.2, 0.25) is 5.76 Å². The van der Waals surface area contributed by atoms with E-state index in [1.807, 2.05) is 0 Å². The molecule has 0 atom stereocenters. The van der Waals surface area contributed by atoms with Crippen molar-refractivity contribution in [2.75, 3.05) is 6.61 Å². The fraction of sp³-hybridized carbons (Fsp3) is 0.105. The average Bonchev–Trinajstić information content (AvgIpc) is 3.09. The second kappa shape index (κ2) is 8.57. The predicted octanol–water partition coefficient (Wildman–Crippen LogP) is 2.97. The predicted molar refractivity (Wildman–Crippen MR) is 92.0 cm³/mol. The fourth-order valence-electron chi connectivity index (χ4n) is 2.06. The number of halogens is 1. The lowest BCUT2D eigenvalue weighted by Crippen LogP contribution is -2.08. The van der Waals surface area contributed by atoms with Gasteiger partial charge in [0, 0.05) is 23.5 Å². The van der Waals surface area contributed by atoms with Gasteiger partial charge in [-0.25, -0.2) is 9.18 Å². The van der Waals surface area contributed by atoms with Crippen molar-refractivity contribution in [3.8, 4) is 0 Å². The SMILES string of the molecule is CCOC(=O)/C(O)=C/C(=O)/C=C/c1cc(C(=O)c2ccccc2F)c[nH]1. The van der Waals surface area contributed by atoms with Crippen molar-refractivity contribution < 1.29 is 28.6 Å². The summed E-state index contributed by atoms with van der Waals surface area (Å²) in [5.41, 5.74) is 0.592. The Morgan fingerprint density at radius 2 is 2.00 bits per heavy atom. The molecule has 0 amide bonds. The number of rotatable bonds is 7. The number of H-pyrrole nitrogens is 1. The highest BCUT2D eigenvalue weighted by atomic mass is 19.1. The smallest absolute Gasteiger partial charge is 0.373 e. The van der Waals surface area contributed by atoms with E-state index in [4.69, 9.17) is 0 Å². The molecule has 1 heterocycles. The topological polar surface area (TPSA) is 96.5 Å². The highest BCUT2D eigenvalue weighted by molar-refractivity contribution is 6.09. The van der Waals surface area contributed by atoms with Gasteiger partial charge in [0.1, 0.15) is 5.82 Å². The molecule has 0 fully saturated rings. The van der Waals surface area contributed by atoms with Crippen LogP contribution in [-0.2, 0) is 14.3 Å². The number of carbonyl (C=O) groups is 3. The number of aliphatic hydroxyl groups excluding tert-OH is 1. The van der Waals surface area contributed by atoms with Crippen LogP contribution in [0.1, 0.15) is 28.5 Å². The van der Waals surface area contributed by atoms with Gasteiger partial charge in [-0.05, 0) is 37.3 Å². The summed E-state index contributed by atoms with van der Waals surface area (Å²) < 4.78 is 18.2. The Labute approximate surface area is 148 Å². The first-order valence-corrected chi connectivity index (χ1v) is 7.69. The number of benzene rings is 1. The Bertz CT molecular complexity index is 895. The Morgan fingerprint density at radius 1 is 1.27 bits per heavy atom. The number of hydrogen-bond acceptors (Lipinski definition) is 5. The Balaban J connectivity index is 2.08. The molecule has 0 bridgehead atoms. The first-order valence-electron chi connectivity index (χ1n) is 7.69. The molecule has 26 heavy (non-hydrogen) atoms. The van der Waals surface area contributed by atoms with Crippen molar-refractivity contribution in [1.82, 2.24) is 4.98 Å². The Morgan fingerprint density at radius 3 is 2.69 bits per heavy atom. The summed E-state index contributed by atoms with van der Waals surface area (Å²) in [6, 6.07) is 7.08. The van der Waals surface area contributed by atoms with Crippen molar-refractivity contribution in [3.63, 3.8) is 0 Å². The number of aliphatic hydroxyl groups is 1.